The van der Waals surface area contributed by atoms with Crippen LogP contribution < -0.4 is 0 Å². The van der Waals surface area contributed by atoms with Crippen molar-refractivity contribution >= 4 is 22.7 Å². The summed E-state index contributed by atoms with van der Waals surface area (Å²) < 4.78 is 0. The van der Waals surface area contributed by atoms with Crippen LogP contribution in [0.4, 0.5) is 0 Å². The van der Waals surface area contributed by atoms with E-state index in [0.29, 0.717) is 26.2 Å². The van der Waals surface area contributed by atoms with Crippen LogP contribution >= 0.6 is 0 Å². The van der Waals surface area contributed by atoms with Gasteiger partial charge in [0.05, 0.1) is 0 Å². The smallest absolute Gasteiger partial charge is 0.253 e. The lowest BCUT2D eigenvalue weighted by Gasteiger charge is -2.35. The van der Waals surface area contributed by atoms with Crippen molar-refractivity contribution in [3.8, 4) is 0 Å². The van der Waals surface area contributed by atoms with Gasteiger partial charge >= 0.3 is 0 Å². The first-order valence-corrected chi connectivity index (χ1v) is 8.71. The molecule has 2 fully saturated rings. The lowest BCUT2D eigenvalue weighted by atomic mass is 10.1. The van der Waals surface area contributed by atoms with E-state index in [0.717, 1.165) is 35.0 Å². The van der Waals surface area contributed by atoms with Crippen LogP contribution in [0.3, 0.4) is 0 Å². The predicted molar refractivity (Wildman–Crippen MR) is 93.0 cm³/mol. The Balaban J connectivity index is 1.48. The second-order valence-corrected chi connectivity index (χ2v) is 7.03. The predicted octanol–water partition coefficient (Wildman–Crippen LogP) is 2.48. The van der Waals surface area contributed by atoms with Crippen LogP contribution in [0.15, 0.2) is 18.2 Å². The number of aryl methyl sites for hydroxylation is 2. The fourth-order valence-corrected chi connectivity index (χ4v) is 3.50. The SMILES string of the molecule is Cc1[nH]c2ccc(C(=O)N3CCN(C(=O)C4CC4)CC3)cc2c1C. The molecule has 1 saturated heterocycles. The van der Waals surface area contributed by atoms with E-state index in [2.05, 4.69) is 11.9 Å². The number of piperazine rings is 1. The number of carbonyl (C=O) groups is 2. The summed E-state index contributed by atoms with van der Waals surface area (Å²) in [6.45, 7) is 6.69. The second kappa shape index (κ2) is 5.65. The largest absolute Gasteiger partial charge is 0.358 e. The number of aromatic amines is 1. The third kappa shape index (κ3) is 2.58. The highest BCUT2D eigenvalue weighted by atomic mass is 16.2. The van der Waals surface area contributed by atoms with Crippen molar-refractivity contribution in [2.45, 2.75) is 26.7 Å². The Morgan fingerprint density at radius 2 is 1.71 bits per heavy atom. The molecule has 126 valence electrons. The Morgan fingerprint density at radius 3 is 2.38 bits per heavy atom. The maximum Gasteiger partial charge on any atom is 0.253 e. The van der Waals surface area contributed by atoms with Crippen LogP contribution in [-0.4, -0.2) is 52.8 Å². The topological polar surface area (TPSA) is 56.4 Å². The molecule has 0 unspecified atom stereocenters. The molecule has 0 atom stereocenters. The van der Waals surface area contributed by atoms with Crippen molar-refractivity contribution < 1.29 is 9.59 Å². The highest BCUT2D eigenvalue weighted by Crippen LogP contribution is 2.31. The fraction of sp³-hybridized carbons (Fsp3) is 0.474. The normalized spacial score (nSPS) is 18.2. The fourth-order valence-electron chi connectivity index (χ4n) is 3.50. The zero-order valence-electron chi connectivity index (χ0n) is 14.3. The average Bonchev–Trinajstić information content (AvgIpc) is 3.41. The van der Waals surface area contributed by atoms with Gasteiger partial charge in [0.15, 0.2) is 0 Å². The zero-order chi connectivity index (χ0) is 16.8. The van der Waals surface area contributed by atoms with Gasteiger partial charge in [0.25, 0.3) is 5.91 Å². The van der Waals surface area contributed by atoms with E-state index in [1.165, 1.54) is 5.56 Å². The molecule has 5 nitrogen and oxygen atoms in total. The summed E-state index contributed by atoms with van der Waals surface area (Å²) in [5, 5.41) is 1.11. The zero-order valence-corrected chi connectivity index (χ0v) is 14.3. The number of benzene rings is 1. The second-order valence-electron chi connectivity index (χ2n) is 7.03. The number of H-pyrrole nitrogens is 1. The number of amides is 2. The third-order valence-electron chi connectivity index (χ3n) is 5.36. The Hall–Kier alpha value is -2.30. The quantitative estimate of drug-likeness (QED) is 0.922. The van der Waals surface area contributed by atoms with Gasteiger partial charge in [-0.15, -0.1) is 0 Å². The van der Waals surface area contributed by atoms with Crippen LogP contribution in [0.1, 0.15) is 34.5 Å². The molecule has 1 aliphatic carbocycles. The van der Waals surface area contributed by atoms with Gasteiger partial charge in [-0.2, -0.15) is 0 Å². The van der Waals surface area contributed by atoms with E-state index in [-0.39, 0.29) is 17.7 Å². The first-order valence-electron chi connectivity index (χ1n) is 8.71. The van der Waals surface area contributed by atoms with Gasteiger partial charge in [-0.3, -0.25) is 9.59 Å². The van der Waals surface area contributed by atoms with E-state index in [9.17, 15) is 9.59 Å². The highest BCUT2D eigenvalue weighted by Gasteiger charge is 2.35. The van der Waals surface area contributed by atoms with Crippen molar-refractivity contribution in [3.05, 3.63) is 35.0 Å². The van der Waals surface area contributed by atoms with Gasteiger partial charge < -0.3 is 14.8 Å². The van der Waals surface area contributed by atoms with E-state index in [4.69, 9.17) is 0 Å². The summed E-state index contributed by atoms with van der Waals surface area (Å²) in [7, 11) is 0. The van der Waals surface area contributed by atoms with E-state index in [1.54, 1.807) is 0 Å². The summed E-state index contributed by atoms with van der Waals surface area (Å²) in [6.07, 6.45) is 2.07. The van der Waals surface area contributed by atoms with Crippen LogP contribution in [0.25, 0.3) is 10.9 Å². The number of hydrogen-bond donors (Lipinski definition) is 1. The molecule has 1 aromatic carbocycles. The number of hydrogen-bond acceptors (Lipinski definition) is 2. The van der Waals surface area contributed by atoms with Gasteiger partial charge in [0.2, 0.25) is 5.91 Å². The minimum absolute atomic E-state index is 0.0636. The molecule has 0 radical (unpaired) electrons. The van der Waals surface area contributed by atoms with Crippen LogP contribution in [0.5, 0.6) is 0 Å². The molecular weight excluding hydrogens is 302 g/mol. The highest BCUT2D eigenvalue weighted by molar-refractivity contribution is 5.99. The van der Waals surface area contributed by atoms with Gasteiger partial charge in [0, 0.05) is 54.3 Å². The number of nitrogens with one attached hydrogen (secondary N) is 1. The van der Waals surface area contributed by atoms with Gasteiger partial charge in [0.1, 0.15) is 0 Å². The van der Waals surface area contributed by atoms with Crippen molar-refractivity contribution in [3.63, 3.8) is 0 Å². The first-order chi connectivity index (χ1) is 11.5. The molecule has 2 amide bonds. The summed E-state index contributed by atoms with van der Waals surface area (Å²) >= 11 is 0. The van der Waals surface area contributed by atoms with Crippen molar-refractivity contribution in [1.29, 1.82) is 0 Å². The number of nitrogens with zero attached hydrogens (tertiary/aromatic N) is 2. The molecule has 2 aromatic rings. The maximum atomic E-state index is 12.8. The van der Waals surface area contributed by atoms with Crippen LogP contribution in [-0.2, 0) is 4.79 Å². The molecule has 5 heteroatoms. The molecule has 1 saturated carbocycles. The van der Waals surface area contributed by atoms with Crippen LogP contribution in [0.2, 0.25) is 0 Å². The van der Waals surface area contributed by atoms with E-state index < -0.39 is 0 Å². The van der Waals surface area contributed by atoms with Gasteiger partial charge in [-0.05, 0) is 50.5 Å². The van der Waals surface area contributed by atoms with Gasteiger partial charge in [-0.1, -0.05) is 0 Å². The molecule has 24 heavy (non-hydrogen) atoms. The minimum Gasteiger partial charge on any atom is -0.358 e. The number of carbonyl (C=O) groups excluding carboxylic acids is 2. The molecule has 4 rings (SSSR count). The lowest BCUT2D eigenvalue weighted by molar-refractivity contribution is -0.134. The molecule has 1 N–H and O–H groups in total. The number of rotatable bonds is 2. The molecule has 2 aliphatic rings. The first kappa shape index (κ1) is 15.2. The molecule has 1 aliphatic heterocycles. The van der Waals surface area contributed by atoms with Crippen molar-refractivity contribution in [2.24, 2.45) is 5.92 Å². The minimum atomic E-state index is 0.0636. The Bertz CT molecular complexity index is 811. The Morgan fingerprint density at radius 1 is 1.04 bits per heavy atom. The molecular formula is C19H23N3O2. The van der Waals surface area contributed by atoms with Crippen LogP contribution in [0, 0.1) is 19.8 Å². The summed E-state index contributed by atoms with van der Waals surface area (Å²) in [6, 6.07) is 5.86. The Labute approximate surface area is 141 Å². The summed E-state index contributed by atoms with van der Waals surface area (Å²) in [4.78, 5) is 32.0. The molecule has 1 aromatic heterocycles. The van der Waals surface area contributed by atoms with Crippen molar-refractivity contribution in [2.75, 3.05) is 26.2 Å². The third-order valence-corrected chi connectivity index (χ3v) is 5.36. The number of fused-ring (bicyclic) bond motifs is 1. The number of aromatic nitrogens is 1. The van der Waals surface area contributed by atoms with Gasteiger partial charge in [-0.25, -0.2) is 0 Å². The molecule has 2 heterocycles. The molecule has 0 bridgehead atoms. The van der Waals surface area contributed by atoms with E-state index in [1.807, 2.05) is 34.9 Å². The monoisotopic (exact) mass is 325 g/mol. The summed E-state index contributed by atoms with van der Waals surface area (Å²) in [5.41, 5.74) is 4.13. The summed E-state index contributed by atoms with van der Waals surface area (Å²) in [5.74, 6) is 0.602. The Kier molecular flexibility index (Phi) is 3.59. The molecule has 0 spiro atoms. The lowest BCUT2D eigenvalue weighted by Crippen LogP contribution is -2.51. The van der Waals surface area contributed by atoms with E-state index >= 15 is 0 Å². The maximum absolute atomic E-state index is 12.8. The van der Waals surface area contributed by atoms with Crippen molar-refractivity contribution in [1.82, 2.24) is 14.8 Å². The average molecular weight is 325 g/mol. The standard InChI is InChI=1S/C19H23N3O2/c1-12-13(2)20-17-6-5-15(11-16(12)17)19(24)22-9-7-21(8-10-22)18(23)14-3-4-14/h5-6,11,14,20H,3-4,7-10H2,1-2H3.